The van der Waals surface area contributed by atoms with Gasteiger partial charge in [0.1, 0.15) is 0 Å². The molecule has 1 aromatic rings. The zero-order valence-corrected chi connectivity index (χ0v) is 11.3. The number of Topliss-reactive ketones (excluding diaryl/α,β-unsaturated/α-hetero) is 1. The summed E-state index contributed by atoms with van der Waals surface area (Å²) in [6, 6.07) is 3.30. The second-order valence-electron chi connectivity index (χ2n) is 4.26. The third-order valence-corrected chi connectivity index (χ3v) is 3.81. The number of amides is 2. The Hall–Kier alpha value is -1.62. The van der Waals surface area contributed by atoms with Crippen molar-refractivity contribution < 1.29 is 9.59 Å². The number of ketones is 1. The molecule has 1 aromatic heterocycles. The van der Waals surface area contributed by atoms with Crippen molar-refractivity contribution in [2.45, 2.75) is 32.7 Å². The molecule has 0 fully saturated rings. The highest BCUT2D eigenvalue weighted by molar-refractivity contribution is 7.10. The molecule has 0 saturated heterocycles. The van der Waals surface area contributed by atoms with Crippen LogP contribution in [0.1, 0.15) is 37.6 Å². The second-order valence-corrected chi connectivity index (χ2v) is 5.24. The van der Waals surface area contributed by atoms with Crippen molar-refractivity contribution in [1.82, 2.24) is 10.6 Å². The molecule has 0 aromatic carbocycles. The van der Waals surface area contributed by atoms with E-state index < -0.39 is 0 Å². The van der Waals surface area contributed by atoms with Gasteiger partial charge in [0, 0.05) is 22.6 Å². The first kappa shape index (κ1) is 12.8. The summed E-state index contributed by atoms with van der Waals surface area (Å²) in [6.07, 6.45) is 1.31. The smallest absolute Gasteiger partial charge is 0.319 e. The lowest BCUT2D eigenvalue weighted by atomic mass is 9.95. The number of allylic oxidation sites excluding steroid dienone is 1. The van der Waals surface area contributed by atoms with Gasteiger partial charge in [0.2, 0.25) is 0 Å². The number of urea groups is 1. The third kappa shape index (κ3) is 2.46. The molecule has 2 amide bonds. The summed E-state index contributed by atoms with van der Waals surface area (Å²) >= 11 is 1.54. The maximum atomic E-state index is 12.2. The van der Waals surface area contributed by atoms with Crippen LogP contribution in [0.5, 0.6) is 0 Å². The molecule has 1 atom stereocenters. The van der Waals surface area contributed by atoms with E-state index in [2.05, 4.69) is 10.6 Å². The van der Waals surface area contributed by atoms with Crippen molar-refractivity contribution in [3.05, 3.63) is 33.7 Å². The molecular formula is C13H16N2O2S. The lowest BCUT2D eigenvalue weighted by Crippen LogP contribution is -2.44. The molecule has 5 heteroatoms. The van der Waals surface area contributed by atoms with Gasteiger partial charge in [0.15, 0.2) is 5.78 Å². The van der Waals surface area contributed by atoms with Gasteiger partial charge in [-0.05, 0) is 24.8 Å². The van der Waals surface area contributed by atoms with Gasteiger partial charge < -0.3 is 10.6 Å². The second kappa shape index (κ2) is 5.35. The molecule has 0 radical (unpaired) electrons. The van der Waals surface area contributed by atoms with E-state index >= 15 is 0 Å². The van der Waals surface area contributed by atoms with E-state index in [1.165, 1.54) is 0 Å². The number of carbonyl (C=O) groups excluding carboxylic acids is 2. The molecule has 0 spiro atoms. The van der Waals surface area contributed by atoms with Crippen LogP contribution in [0.3, 0.4) is 0 Å². The van der Waals surface area contributed by atoms with Crippen LogP contribution in [-0.4, -0.2) is 11.8 Å². The monoisotopic (exact) mass is 264 g/mol. The third-order valence-electron chi connectivity index (χ3n) is 2.87. The maximum absolute atomic E-state index is 12.2. The number of carbonyl (C=O) groups is 2. The fourth-order valence-corrected chi connectivity index (χ4v) is 2.88. The quantitative estimate of drug-likeness (QED) is 0.878. The SMILES string of the molecule is CCCC(=O)C1=C(C)NC(=O)NC1c1cccs1. The topological polar surface area (TPSA) is 58.2 Å². The van der Waals surface area contributed by atoms with E-state index in [9.17, 15) is 9.59 Å². The van der Waals surface area contributed by atoms with Gasteiger partial charge >= 0.3 is 6.03 Å². The van der Waals surface area contributed by atoms with Crippen molar-refractivity contribution in [2.24, 2.45) is 0 Å². The average Bonchev–Trinajstić information content (AvgIpc) is 2.81. The van der Waals surface area contributed by atoms with Gasteiger partial charge in [-0.3, -0.25) is 4.79 Å². The van der Waals surface area contributed by atoms with E-state index in [4.69, 9.17) is 0 Å². The minimum Gasteiger partial charge on any atom is -0.326 e. The summed E-state index contributed by atoms with van der Waals surface area (Å²) in [7, 11) is 0. The van der Waals surface area contributed by atoms with Crippen LogP contribution in [0, 0.1) is 0 Å². The standard InChI is InChI=1S/C13H16N2O2S/c1-3-5-9(16)11-8(2)14-13(17)15-12(11)10-6-4-7-18-10/h4,6-7,12H,3,5H2,1-2H3,(H2,14,15,17). The van der Waals surface area contributed by atoms with Crippen molar-refractivity contribution in [2.75, 3.05) is 0 Å². The van der Waals surface area contributed by atoms with Crippen LogP contribution >= 0.6 is 11.3 Å². The largest absolute Gasteiger partial charge is 0.326 e. The Labute approximate surface area is 110 Å². The average molecular weight is 264 g/mol. The molecule has 2 N–H and O–H groups in total. The molecule has 4 nitrogen and oxygen atoms in total. The predicted molar refractivity (Wildman–Crippen MR) is 71.3 cm³/mol. The minimum absolute atomic E-state index is 0.0981. The Balaban J connectivity index is 2.38. The molecule has 2 rings (SSSR count). The predicted octanol–water partition coefficient (Wildman–Crippen LogP) is 2.75. The first-order valence-electron chi connectivity index (χ1n) is 5.98. The summed E-state index contributed by atoms with van der Waals surface area (Å²) in [4.78, 5) is 24.7. The fraction of sp³-hybridized carbons (Fsp3) is 0.385. The van der Waals surface area contributed by atoms with Crippen molar-refractivity contribution >= 4 is 23.2 Å². The Morgan fingerprint density at radius 2 is 2.28 bits per heavy atom. The Morgan fingerprint density at radius 1 is 1.50 bits per heavy atom. The van der Waals surface area contributed by atoms with E-state index in [0.29, 0.717) is 17.7 Å². The van der Waals surface area contributed by atoms with Gasteiger partial charge in [0.25, 0.3) is 0 Å². The Morgan fingerprint density at radius 3 is 2.89 bits per heavy atom. The van der Waals surface area contributed by atoms with Gasteiger partial charge in [-0.15, -0.1) is 11.3 Å². The van der Waals surface area contributed by atoms with Crippen LogP contribution < -0.4 is 10.6 Å². The zero-order valence-electron chi connectivity index (χ0n) is 10.4. The molecule has 96 valence electrons. The first-order chi connectivity index (χ1) is 8.63. The molecule has 1 aliphatic heterocycles. The Kier molecular flexibility index (Phi) is 3.81. The van der Waals surface area contributed by atoms with E-state index in [1.54, 1.807) is 18.3 Å². The molecule has 0 saturated carbocycles. The molecule has 1 unspecified atom stereocenters. The van der Waals surface area contributed by atoms with E-state index in [0.717, 1.165) is 11.3 Å². The fourth-order valence-electron chi connectivity index (χ4n) is 2.09. The number of thiophene rings is 1. The highest BCUT2D eigenvalue weighted by Gasteiger charge is 2.30. The van der Waals surface area contributed by atoms with Gasteiger partial charge in [-0.2, -0.15) is 0 Å². The molecule has 2 heterocycles. The van der Waals surface area contributed by atoms with Crippen LogP contribution in [0.25, 0.3) is 0 Å². The van der Waals surface area contributed by atoms with Crippen molar-refractivity contribution in [3.8, 4) is 0 Å². The van der Waals surface area contributed by atoms with E-state index in [-0.39, 0.29) is 17.9 Å². The molecule has 1 aliphatic rings. The molecule has 18 heavy (non-hydrogen) atoms. The molecule has 0 aliphatic carbocycles. The minimum atomic E-state index is -0.308. The summed E-state index contributed by atoms with van der Waals surface area (Å²) in [6.45, 7) is 3.75. The number of hydrogen-bond donors (Lipinski definition) is 2. The lowest BCUT2D eigenvalue weighted by Gasteiger charge is -2.27. The first-order valence-corrected chi connectivity index (χ1v) is 6.86. The number of nitrogens with one attached hydrogen (secondary N) is 2. The normalized spacial score (nSPS) is 19.4. The molecular weight excluding hydrogens is 248 g/mol. The molecule has 0 bridgehead atoms. The van der Waals surface area contributed by atoms with Crippen molar-refractivity contribution in [1.29, 1.82) is 0 Å². The van der Waals surface area contributed by atoms with Crippen molar-refractivity contribution in [3.63, 3.8) is 0 Å². The van der Waals surface area contributed by atoms with Gasteiger partial charge in [-0.25, -0.2) is 4.79 Å². The number of hydrogen-bond acceptors (Lipinski definition) is 3. The van der Waals surface area contributed by atoms with Crippen LogP contribution in [-0.2, 0) is 4.79 Å². The summed E-state index contributed by atoms with van der Waals surface area (Å²) in [5, 5.41) is 7.44. The van der Waals surface area contributed by atoms with Gasteiger partial charge in [-0.1, -0.05) is 13.0 Å². The van der Waals surface area contributed by atoms with E-state index in [1.807, 2.05) is 24.4 Å². The highest BCUT2D eigenvalue weighted by Crippen LogP contribution is 2.30. The number of rotatable bonds is 4. The maximum Gasteiger partial charge on any atom is 0.319 e. The zero-order chi connectivity index (χ0) is 13.1. The summed E-state index contributed by atoms with van der Waals surface area (Å²) in [5.74, 6) is 0.0981. The Bertz CT molecular complexity index is 491. The summed E-state index contributed by atoms with van der Waals surface area (Å²) < 4.78 is 0. The van der Waals surface area contributed by atoms with Crippen LogP contribution in [0.2, 0.25) is 0 Å². The highest BCUT2D eigenvalue weighted by atomic mass is 32.1. The van der Waals surface area contributed by atoms with Crippen LogP contribution in [0.4, 0.5) is 4.79 Å². The lowest BCUT2D eigenvalue weighted by molar-refractivity contribution is -0.116. The van der Waals surface area contributed by atoms with Crippen LogP contribution in [0.15, 0.2) is 28.8 Å². The summed E-state index contributed by atoms with van der Waals surface area (Å²) in [5.41, 5.74) is 1.34. The van der Waals surface area contributed by atoms with Gasteiger partial charge in [0.05, 0.1) is 6.04 Å².